The molecule has 0 spiro atoms. The number of aromatic nitrogens is 1. The number of hydrazine groups is 1. The molecule has 18 heavy (non-hydrogen) atoms. The number of rotatable bonds is 7. The molecule has 7 heteroatoms. The second-order valence-electron chi connectivity index (χ2n) is 3.55. The fraction of sp³-hybridized carbons (Fsp3) is 0.545. The monoisotopic (exact) mass is 292 g/mol. The van der Waals surface area contributed by atoms with Crippen LogP contribution in [0.15, 0.2) is 6.07 Å². The summed E-state index contributed by atoms with van der Waals surface area (Å²) in [6.45, 7) is 6.77. The average molecular weight is 293 g/mol. The van der Waals surface area contributed by atoms with E-state index in [1.54, 1.807) is 6.07 Å². The summed E-state index contributed by atoms with van der Waals surface area (Å²) in [6, 6.07) is 1.63. The lowest BCUT2D eigenvalue weighted by atomic mass is 10.4. The molecule has 0 saturated carbocycles. The van der Waals surface area contributed by atoms with Gasteiger partial charge in [0.05, 0.1) is 16.7 Å². The summed E-state index contributed by atoms with van der Waals surface area (Å²) in [5.74, 6) is 6.41. The third-order valence-electron chi connectivity index (χ3n) is 2.44. The third-order valence-corrected chi connectivity index (χ3v) is 3.00. The van der Waals surface area contributed by atoms with Gasteiger partial charge in [0.25, 0.3) is 0 Å². The van der Waals surface area contributed by atoms with E-state index in [-0.39, 0.29) is 0 Å². The van der Waals surface area contributed by atoms with Gasteiger partial charge in [0, 0.05) is 19.7 Å². The van der Waals surface area contributed by atoms with Crippen LogP contribution in [0.1, 0.15) is 13.8 Å². The van der Waals surface area contributed by atoms with Crippen molar-refractivity contribution in [3.63, 3.8) is 0 Å². The highest BCUT2D eigenvalue weighted by Crippen LogP contribution is 2.30. The lowest BCUT2D eigenvalue weighted by Gasteiger charge is -2.23. The van der Waals surface area contributed by atoms with Gasteiger partial charge in [-0.3, -0.25) is 0 Å². The number of pyridine rings is 1. The van der Waals surface area contributed by atoms with Gasteiger partial charge in [0.2, 0.25) is 0 Å². The smallest absolute Gasteiger partial charge is 0.161 e. The van der Waals surface area contributed by atoms with Crippen LogP contribution in [0, 0.1) is 0 Å². The summed E-state index contributed by atoms with van der Waals surface area (Å²) < 4.78 is 5.33. The first-order valence-corrected chi connectivity index (χ1v) is 6.54. The van der Waals surface area contributed by atoms with E-state index >= 15 is 0 Å². The highest BCUT2D eigenvalue weighted by atomic mass is 35.5. The molecule has 5 nitrogen and oxygen atoms in total. The summed E-state index contributed by atoms with van der Waals surface area (Å²) in [4.78, 5) is 6.32. The van der Waals surface area contributed by atoms with Gasteiger partial charge in [-0.25, -0.2) is 10.8 Å². The molecule has 102 valence electrons. The summed E-state index contributed by atoms with van der Waals surface area (Å²) in [5, 5.41) is 0.893. The van der Waals surface area contributed by atoms with E-state index in [2.05, 4.69) is 10.4 Å². The van der Waals surface area contributed by atoms with Gasteiger partial charge in [-0.2, -0.15) is 0 Å². The summed E-state index contributed by atoms with van der Waals surface area (Å²) in [5.41, 5.74) is 2.45. The number of hydrogen-bond acceptors (Lipinski definition) is 5. The number of hydrogen-bond donors (Lipinski definition) is 2. The Morgan fingerprint density at radius 2 is 2.11 bits per heavy atom. The van der Waals surface area contributed by atoms with E-state index in [1.807, 2.05) is 18.7 Å². The molecule has 0 amide bonds. The molecule has 3 N–H and O–H groups in total. The van der Waals surface area contributed by atoms with Crippen LogP contribution in [0.2, 0.25) is 10.0 Å². The zero-order chi connectivity index (χ0) is 13.5. The van der Waals surface area contributed by atoms with Gasteiger partial charge in [0.1, 0.15) is 5.82 Å². The maximum absolute atomic E-state index is 6.15. The molecule has 0 aromatic carbocycles. The Morgan fingerprint density at radius 3 is 2.67 bits per heavy atom. The first-order valence-electron chi connectivity index (χ1n) is 5.79. The molecule has 0 bridgehead atoms. The summed E-state index contributed by atoms with van der Waals surface area (Å²) in [7, 11) is 0. The van der Waals surface area contributed by atoms with Crippen LogP contribution in [0.5, 0.6) is 0 Å². The van der Waals surface area contributed by atoms with Crippen molar-refractivity contribution < 1.29 is 4.74 Å². The molecule has 0 aliphatic heterocycles. The number of halogens is 2. The van der Waals surface area contributed by atoms with Crippen molar-refractivity contribution in [3.05, 3.63) is 16.1 Å². The topological polar surface area (TPSA) is 63.4 Å². The van der Waals surface area contributed by atoms with Gasteiger partial charge in [-0.05, 0) is 19.9 Å². The Morgan fingerprint density at radius 1 is 1.39 bits per heavy atom. The lowest BCUT2D eigenvalue weighted by molar-refractivity contribution is 0.154. The maximum Gasteiger partial charge on any atom is 0.161 e. The molecule has 0 fully saturated rings. The molecule has 0 radical (unpaired) electrons. The van der Waals surface area contributed by atoms with Crippen molar-refractivity contribution in [2.75, 3.05) is 36.6 Å². The standard InChI is InChI=1S/C11H18Cl2N4O/c1-3-17(5-6-18-4-2)11-9(13)7-8(12)10(15-11)16-14/h7H,3-6,14H2,1-2H3,(H,15,16). The Hall–Kier alpha value is -0.750. The number of nitrogens with two attached hydrogens (primary N) is 1. The zero-order valence-corrected chi connectivity index (χ0v) is 12.1. The van der Waals surface area contributed by atoms with Crippen molar-refractivity contribution in [3.8, 4) is 0 Å². The van der Waals surface area contributed by atoms with Crippen molar-refractivity contribution >= 4 is 34.8 Å². The van der Waals surface area contributed by atoms with Gasteiger partial charge in [0.15, 0.2) is 5.82 Å². The minimum atomic E-state index is 0.395. The number of likely N-dealkylation sites (N-methyl/N-ethyl adjacent to an activating group) is 1. The van der Waals surface area contributed by atoms with Gasteiger partial charge >= 0.3 is 0 Å². The minimum absolute atomic E-state index is 0.395. The Labute approximate surface area is 117 Å². The van der Waals surface area contributed by atoms with E-state index in [9.17, 15) is 0 Å². The molecule has 1 rings (SSSR count). The number of nitrogens with one attached hydrogen (secondary N) is 1. The minimum Gasteiger partial charge on any atom is -0.380 e. The molecular formula is C11H18Cl2N4O. The molecule has 0 aliphatic carbocycles. The first kappa shape index (κ1) is 15.3. The number of anilines is 2. The molecule has 0 aliphatic rings. The fourth-order valence-corrected chi connectivity index (χ4v) is 2.05. The Bertz CT molecular complexity index is 390. The summed E-state index contributed by atoms with van der Waals surface area (Å²) in [6.07, 6.45) is 0. The number of ether oxygens (including phenoxy) is 1. The Kier molecular flexibility index (Phi) is 6.49. The van der Waals surface area contributed by atoms with E-state index in [0.717, 1.165) is 6.54 Å². The van der Waals surface area contributed by atoms with Crippen LogP contribution < -0.4 is 16.2 Å². The highest BCUT2D eigenvalue weighted by Gasteiger charge is 2.14. The second kappa shape index (κ2) is 7.63. The largest absolute Gasteiger partial charge is 0.380 e. The van der Waals surface area contributed by atoms with Gasteiger partial charge in [-0.1, -0.05) is 23.2 Å². The van der Waals surface area contributed by atoms with E-state index in [4.69, 9.17) is 33.8 Å². The lowest BCUT2D eigenvalue weighted by Crippen LogP contribution is -2.28. The van der Waals surface area contributed by atoms with Gasteiger partial charge < -0.3 is 15.1 Å². The van der Waals surface area contributed by atoms with Crippen molar-refractivity contribution in [1.82, 2.24) is 4.98 Å². The zero-order valence-electron chi connectivity index (χ0n) is 10.5. The van der Waals surface area contributed by atoms with E-state index < -0.39 is 0 Å². The summed E-state index contributed by atoms with van der Waals surface area (Å²) >= 11 is 12.1. The van der Waals surface area contributed by atoms with Crippen molar-refractivity contribution in [2.24, 2.45) is 5.84 Å². The van der Waals surface area contributed by atoms with Crippen LogP contribution in [0.3, 0.4) is 0 Å². The van der Waals surface area contributed by atoms with Crippen LogP contribution in [-0.4, -0.2) is 31.3 Å². The van der Waals surface area contributed by atoms with Crippen LogP contribution in [0.25, 0.3) is 0 Å². The average Bonchev–Trinajstić information content (AvgIpc) is 2.36. The molecule has 1 aromatic rings. The van der Waals surface area contributed by atoms with Crippen molar-refractivity contribution in [2.45, 2.75) is 13.8 Å². The van der Waals surface area contributed by atoms with Crippen LogP contribution in [-0.2, 0) is 4.74 Å². The highest BCUT2D eigenvalue weighted by molar-refractivity contribution is 6.37. The number of nitrogens with zero attached hydrogens (tertiary/aromatic N) is 2. The molecule has 0 atom stereocenters. The first-order chi connectivity index (χ1) is 8.63. The molecular weight excluding hydrogens is 275 g/mol. The molecule has 1 aromatic heterocycles. The quantitative estimate of drug-likeness (QED) is 0.459. The second-order valence-corrected chi connectivity index (χ2v) is 4.36. The number of nitrogen functional groups attached to an aromatic ring is 1. The fourth-order valence-electron chi connectivity index (χ4n) is 1.51. The SMILES string of the molecule is CCOCCN(CC)c1nc(NN)c(Cl)cc1Cl. The molecule has 1 heterocycles. The Balaban J connectivity index is 2.90. The van der Waals surface area contributed by atoms with Gasteiger partial charge in [-0.15, -0.1) is 0 Å². The van der Waals surface area contributed by atoms with E-state index in [0.29, 0.717) is 41.4 Å². The predicted octanol–water partition coefficient (Wildman–Crippen LogP) is 2.54. The molecule has 0 saturated heterocycles. The molecule has 0 unspecified atom stereocenters. The predicted molar refractivity (Wildman–Crippen MR) is 76.4 cm³/mol. The third kappa shape index (κ3) is 3.88. The van der Waals surface area contributed by atoms with E-state index in [1.165, 1.54) is 0 Å². The normalized spacial score (nSPS) is 10.5. The maximum atomic E-state index is 6.15. The van der Waals surface area contributed by atoms with Crippen molar-refractivity contribution in [1.29, 1.82) is 0 Å². The van der Waals surface area contributed by atoms with Crippen LogP contribution >= 0.6 is 23.2 Å². The van der Waals surface area contributed by atoms with Crippen LogP contribution in [0.4, 0.5) is 11.6 Å².